The average molecular weight is 353 g/mol. The first-order valence-electron chi connectivity index (χ1n) is 7.72. The fraction of sp³-hybridized carbons (Fsp3) is 0.438. The maximum absolute atomic E-state index is 12.6. The Balaban J connectivity index is 2.22. The highest BCUT2D eigenvalue weighted by molar-refractivity contribution is 7.10. The van der Waals surface area contributed by atoms with Crippen molar-refractivity contribution in [2.75, 3.05) is 18.0 Å². The summed E-state index contributed by atoms with van der Waals surface area (Å²) >= 11 is 7.76. The highest BCUT2D eigenvalue weighted by Crippen LogP contribution is 2.23. The van der Waals surface area contributed by atoms with Crippen molar-refractivity contribution >= 4 is 34.8 Å². The van der Waals surface area contributed by atoms with Crippen LogP contribution in [0.15, 0.2) is 23.7 Å². The van der Waals surface area contributed by atoms with Gasteiger partial charge in [-0.25, -0.2) is 9.97 Å². The summed E-state index contributed by atoms with van der Waals surface area (Å²) in [5.41, 5.74) is 0.221. The first-order valence-corrected chi connectivity index (χ1v) is 8.98. The molecule has 0 bridgehead atoms. The van der Waals surface area contributed by atoms with E-state index in [1.54, 1.807) is 11.3 Å². The van der Waals surface area contributed by atoms with Crippen LogP contribution in [0.25, 0.3) is 0 Å². The van der Waals surface area contributed by atoms with Crippen LogP contribution in [0.4, 0.5) is 5.95 Å². The van der Waals surface area contributed by atoms with Crippen LogP contribution in [-0.4, -0.2) is 29.0 Å². The maximum Gasteiger partial charge on any atom is 0.272 e. The number of amides is 1. The highest BCUT2D eigenvalue weighted by Gasteiger charge is 2.20. The minimum absolute atomic E-state index is 0.0366. The molecular formula is C16H21ClN4OS. The van der Waals surface area contributed by atoms with Gasteiger partial charge in [-0.2, -0.15) is 0 Å². The molecule has 0 aliphatic heterocycles. The molecule has 23 heavy (non-hydrogen) atoms. The Morgan fingerprint density at radius 1 is 1.39 bits per heavy atom. The summed E-state index contributed by atoms with van der Waals surface area (Å²) in [6.07, 6.45) is 2.29. The van der Waals surface area contributed by atoms with Crippen LogP contribution in [-0.2, 0) is 0 Å². The van der Waals surface area contributed by atoms with Gasteiger partial charge in [0, 0.05) is 18.0 Å². The Bertz CT molecular complexity index is 644. The molecule has 1 atom stereocenters. The zero-order chi connectivity index (χ0) is 16.8. The van der Waals surface area contributed by atoms with Crippen molar-refractivity contribution < 1.29 is 4.79 Å². The smallest absolute Gasteiger partial charge is 0.272 e. The van der Waals surface area contributed by atoms with Crippen molar-refractivity contribution in [2.45, 2.75) is 33.2 Å². The van der Waals surface area contributed by atoms with Crippen molar-refractivity contribution in [3.63, 3.8) is 0 Å². The maximum atomic E-state index is 12.6. The normalized spacial score (nSPS) is 12.0. The van der Waals surface area contributed by atoms with E-state index in [9.17, 15) is 4.79 Å². The molecule has 1 unspecified atom stereocenters. The quantitative estimate of drug-likeness (QED) is 0.820. The molecule has 0 saturated heterocycles. The van der Waals surface area contributed by atoms with E-state index < -0.39 is 0 Å². The van der Waals surface area contributed by atoms with E-state index in [0.717, 1.165) is 24.4 Å². The minimum atomic E-state index is -0.272. The van der Waals surface area contributed by atoms with Crippen molar-refractivity contribution in [1.29, 1.82) is 0 Å². The van der Waals surface area contributed by atoms with Gasteiger partial charge in [-0.15, -0.1) is 11.3 Å². The van der Waals surface area contributed by atoms with Crippen LogP contribution >= 0.6 is 22.9 Å². The predicted molar refractivity (Wildman–Crippen MR) is 95.4 cm³/mol. The van der Waals surface area contributed by atoms with Gasteiger partial charge >= 0.3 is 0 Å². The number of anilines is 1. The van der Waals surface area contributed by atoms with Crippen molar-refractivity contribution in [3.8, 4) is 0 Å². The van der Waals surface area contributed by atoms with E-state index in [0.29, 0.717) is 5.95 Å². The molecule has 2 rings (SSSR count). The van der Waals surface area contributed by atoms with Crippen LogP contribution in [0, 0.1) is 0 Å². The molecule has 1 amide bonds. The third-order valence-electron chi connectivity index (χ3n) is 3.59. The van der Waals surface area contributed by atoms with Gasteiger partial charge < -0.3 is 10.2 Å². The summed E-state index contributed by atoms with van der Waals surface area (Å²) < 4.78 is 0. The SMILES string of the molecule is CCC(NC(=O)c1nc(N(CC)CC)ncc1Cl)c1cccs1. The van der Waals surface area contributed by atoms with E-state index >= 15 is 0 Å². The standard InChI is InChI=1S/C16H21ClN4OS/c1-4-12(13-8-7-9-23-13)19-15(22)14-11(17)10-18-16(20-14)21(5-2)6-3/h7-10,12H,4-6H2,1-3H3,(H,19,22). The van der Waals surface area contributed by atoms with E-state index in [4.69, 9.17) is 11.6 Å². The lowest BCUT2D eigenvalue weighted by Crippen LogP contribution is -2.30. The Kier molecular flexibility index (Phi) is 6.36. The van der Waals surface area contributed by atoms with Crippen LogP contribution in [0.3, 0.4) is 0 Å². The predicted octanol–water partition coefficient (Wildman–Crippen LogP) is 3.92. The van der Waals surface area contributed by atoms with Gasteiger partial charge in [0.25, 0.3) is 5.91 Å². The number of carbonyl (C=O) groups is 1. The molecule has 0 fully saturated rings. The molecule has 0 aliphatic rings. The van der Waals surface area contributed by atoms with Crippen molar-refractivity contribution in [2.24, 2.45) is 0 Å². The molecule has 2 aromatic heterocycles. The molecule has 5 nitrogen and oxygen atoms in total. The van der Waals surface area contributed by atoms with Crippen molar-refractivity contribution in [3.05, 3.63) is 39.3 Å². The fourth-order valence-electron chi connectivity index (χ4n) is 2.27. The molecule has 2 heterocycles. The van der Waals surface area contributed by atoms with Crippen LogP contribution in [0.1, 0.15) is 48.6 Å². The molecule has 0 saturated carbocycles. The number of aromatic nitrogens is 2. The number of rotatable bonds is 7. The van der Waals surface area contributed by atoms with Crippen LogP contribution < -0.4 is 10.2 Å². The first-order chi connectivity index (χ1) is 11.1. The second-order valence-corrected chi connectivity index (χ2v) is 6.38. The summed E-state index contributed by atoms with van der Waals surface area (Å²) in [7, 11) is 0. The Morgan fingerprint density at radius 3 is 2.70 bits per heavy atom. The molecular weight excluding hydrogens is 332 g/mol. The number of carbonyl (C=O) groups excluding carboxylic acids is 1. The number of hydrogen-bond acceptors (Lipinski definition) is 5. The fourth-order valence-corrected chi connectivity index (χ4v) is 3.30. The zero-order valence-corrected chi connectivity index (χ0v) is 15.1. The highest BCUT2D eigenvalue weighted by atomic mass is 35.5. The topological polar surface area (TPSA) is 58.1 Å². The van der Waals surface area contributed by atoms with Gasteiger partial charge in [0.2, 0.25) is 5.95 Å². The lowest BCUT2D eigenvalue weighted by atomic mass is 10.2. The third kappa shape index (κ3) is 4.20. The summed E-state index contributed by atoms with van der Waals surface area (Å²) in [5, 5.41) is 5.27. The molecule has 0 aromatic carbocycles. The van der Waals surface area contributed by atoms with E-state index in [2.05, 4.69) is 15.3 Å². The largest absolute Gasteiger partial charge is 0.343 e. The lowest BCUT2D eigenvalue weighted by molar-refractivity contribution is 0.0931. The summed E-state index contributed by atoms with van der Waals surface area (Å²) in [5.74, 6) is 0.250. The zero-order valence-electron chi connectivity index (χ0n) is 13.5. The van der Waals surface area contributed by atoms with E-state index in [1.165, 1.54) is 6.20 Å². The van der Waals surface area contributed by atoms with Gasteiger partial charge in [-0.3, -0.25) is 4.79 Å². The first kappa shape index (κ1) is 17.7. The Hall–Kier alpha value is -1.66. The van der Waals surface area contributed by atoms with Gasteiger partial charge in [0.1, 0.15) is 0 Å². The van der Waals surface area contributed by atoms with E-state index in [1.807, 2.05) is 43.2 Å². The van der Waals surface area contributed by atoms with Gasteiger partial charge in [-0.1, -0.05) is 24.6 Å². The molecule has 2 aromatic rings. The summed E-state index contributed by atoms with van der Waals surface area (Å²) in [4.78, 5) is 24.3. The molecule has 0 spiro atoms. The number of nitrogens with zero attached hydrogens (tertiary/aromatic N) is 3. The summed E-state index contributed by atoms with van der Waals surface area (Å²) in [6.45, 7) is 7.61. The van der Waals surface area contributed by atoms with Crippen molar-refractivity contribution in [1.82, 2.24) is 15.3 Å². The summed E-state index contributed by atoms with van der Waals surface area (Å²) in [6, 6.07) is 3.96. The second kappa shape index (κ2) is 8.26. The molecule has 0 radical (unpaired) electrons. The number of nitrogens with one attached hydrogen (secondary N) is 1. The third-order valence-corrected chi connectivity index (χ3v) is 4.86. The minimum Gasteiger partial charge on any atom is -0.343 e. The average Bonchev–Trinajstić information content (AvgIpc) is 3.09. The number of hydrogen-bond donors (Lipinski definition) is 1. The molecule has 1 N–H and O–H groups in total. The van der Waals surface area contributed by atoms with Gasteiger partial charge in [-0.05, 0) is 31.7 Å². The molecule has 124 valence electrons. The van der Waals surface area contributed by atoms with Crippen LogP contribution in [0.5, 0.6) is 0 Å². The monoisotopic (exact) mass is 352 g/mol. The molecule has 7 heteroatoms. The number of thiophene rings is 1. The van der Waals surface area contributed by atoms with Gasteiger partial charge in [0.15, 0.2) is 5.69 Å². The number of halogens is 1. The van der Waals surface area contributed by atoms with Crippen LogP contribution in [0.2, 0.25) is 5.02 Å². The Labute approximate surface area is 145 Å². The molecule has 0 aliphatic carbocycles. The lowest BCUT2D eigenvalue weighted by Gasteiger charge is -2.20. The van der Waals surface area contributed by atoms with E-state index in [-0.39, 0.29) is 22.7 Å². The van der Waals surface area contributed by atoms with Gasteiger partial charge in [0.05, 0.1) is 17.3 Å². The Morgan fingerprint density at radius 2 is 2.13 bits per heavy atom. The second-order valence-electron chi connectivity index (χ2n) is 4.99.